The predicted molar refractivity (Wildman–Crippen MR) is 106 cm³/mol. The van der Waals surface area contributed by atoms with Gasteiger partial charge in [0.1, 0.15) is 0 Å². The predicted octanol–water partition coefficient (Wildman–Crippen LogP) is 3.52. The number of hydrogen-bond donors (Lipinski definition) is 1. The number of nitrogens with one attached hydrogen (secondary N) is 1. The summed E-state index contributed by atoms with van der Waals surface area (Å²) < 4.78 is 26.6. The number of aryl methyl sites for hydroxylation is 1. The van der Waals surface area contributed by atoms with Crippen LogP contribution < -0.4 is 5.32 Å². The van der Waals surface area contributed by atoms with E-state index in [-0.39, 0.29) is 16.8 Å². The molecule has 1 fully saturated rings. The quantitative estimate of drug-likeness (QED) is 0.826. The Morgan fingerprint density at radius 1 is 1.04 bits per heavy atom. The summed E-state index contributed by atoms with van der Waals surface area (Å²) in [6.45, 7) is 5.18. The Morgan fingerprint density at radius 3 is 2.19 bits per heavy atom. The first-order valence-electron chi connectivity index (χ1n) is 9.41. The van der Waals surface area contributed by atoms with Gasteiger partial charge in [-0.2, -0.15) is 4.31 Å². The van der Waals surface area contributed by atoms with Crippen molar-refractivity contribution in [1.29, 1.82) is 0 Å². The van der Waals surface area contributed by atoms with E-state index in [0.29, 0.717) is 18.7 Å². The molecule has 1 saturated heterocycles. The third-order valence-corrected chi connectivity index (χ3v) is 6.97. The minimum absolute atomic E-state index is 0.128. The van der Waals surface area contributed by atoms with E-state index in [9.17, 15) is 13.2 Å². The van der Waals surface area contributed by atoms with Crippen molar-refractivity contribution in [2.24, 2.45) is 0 Å². The van der Waals surface area contributed by atoms with Crippen LogP contribution in [-0.4, -0.2) is 31.7 Å². The Hall–Kier alpha value is -2.18. The van der Waals surface area contributed by atoms with E-state index >= 15 is 0 Å². The zero-order chi connectivity index (χ0) is 19.4. The van der Waals surface area contributed by atoms with E-state index in [0.717, 1.165) is 24.8 Å². The highest BCUT2D eigenvalue weighted by Gasteiger charge is 2.27. The molecule has 0 radical (unpaired) electrons. The van der Waals surface area contributed by atoms with Crippen LogP contribution in [0, 0.1) is 0 Å². The number of amides is 1. The molecule has 1 heterocycles. The number of hydrogen-bond acceptors (Lipinski definition) is 3. The van der Waals surface area contributed by atoms with Gasteiger partial charge in [0, 0.05) is 18.7 Å². The highest BCUT2D eigenvalue weighted by Crippen LogP contribution is 2.21. The Balaban J connectivity index is 1.68. The molecule has 2 aromatic carbocycles. The standard InChI is InChI=1S/C21H26N2O3S/c1-3-17-6-8-18(9-7-17)16(2)22-21(24)19-10-12-20(13-11-19)27(25,26)23-14-4-5-15-23/h6-13,16H,3-5,14-15H2,1-2H3,(H,22,24). The fourth-order valence-electron chi connectivity index (χ4n) is 3.26. The number of benzene rings is 2. The first kappa shape index (κ1) is 19.6. The maximum absolute atomic E-state index is 12.6. The van der Waals surface area contributed by atoms with Crippen molar-refractivity contribution in [2.45, 2.75) is 44.0 Å². The SMILES string of the molecule is CCc1ccc(C(C)NC(=O)c2ccc(S(=O)(=O)N3CCCC3)cc2)cc1. The first-order chi connectivity index (χ1) is 12.9. The molecule has 0 spiro atoms. The highest BCUT2D eigenvalue weighted by molar-refractivity contribution is 7.89. The molecule has 3 rings (SSSR count). The molecular weight excluding hydrogens is 360 g/mol. The topological polar surface area (TPSA) is 66.5 Å². The molecule has 1 atom stereocenters. The van der Waals surface area contributed by atoms with Gasteiger partial charge in [-0.3, -0.25) is 4.79 Å². The van der Waals surface area contributed by atoms with Crippen LogP contribution in [0.15, 0.2) is 53.4 Å². The van der Waals surface area contributed by atoms with Gasteiger partial charge in [0.25, 0.3) is 5.91 Å². The van der Waals surface area contributed by atoms with Gasteiger partial charge in [-0.25, -0.2) is 8.42 Å². The van der Waals surface area contributed by atoms with E-state index < -0.39 is 10.0 Å². The van der Waals surface area contributed by atoms with Gasteiger partial charge in [-0.15, -0.1) is 0 Å². The normalized spacial score (nSPS) is 16.2. The number of sulfonamides is 1. The highest BCUT2D eigenvalue weighted by atomic mass is 32.2. The summed E-state index contributed by atoms with van der Waals surface area (Å²) in [7, 11) is -3.45. The summed E-state index contributed by atoms with van der Waals surface area (Å²) in [6, 6.07) is 14.2. The first-order valence-corrected chi connectivity index (χ1v) is 10.9. The average Bonchev–Trinajstić information content (AvgIpc) is 3.24. The van der Waals surface area contributed by atoms with Gasteiger partial charge in [0.05, 0.1) is 10.9 Å². The largest absolute Gasteiger partial charge is 0.346 e. The Bertz CT molecular complexity index is 884. The summed E-state index contributed by atoms with van der Waals surface area (Å²) in [4.78, 5) is 12.7. The van der Waals surface area contributed by atoms with Crippen molar-refractivity contribution in [3.05, 3.63) is 65.2 Å². The van der Waals surface area contributed by atoms with Gasteiger partial charge >= 0.3 is 0 Å². The molecule has 0 aromatic heterocycles. The lowest BCUT2D eigenvalue weighted by molar-refractivity contribution is 0.0940. The van der Waals surface area contributed by atoms with E-state index in [4.69, 9.17) is 0 Å². The maximum atomic E-state index is 12.6. The van der Waals surface area contributed by atoms with Crippen molar-refractivity contribution < 1.29 is 13.2 Å². The third-order valence-electron chi connectivity index (χ3n) is 5.05. The molecule has 2 aromatic rings. The van der Waals surface area contributed by atoms with Crippen LogP contribution in [0.2, 0.25) is 0 Å². The van der Waals surface area contributed by atoms with E-state index in [1.807, 2.05) is 19.1 Å². The monoisotopic (exact) mass is 386 g/mol. The summed E-state index contributed by atoms with van der Waals surface area (Å²) >= 11 is 0. The second-order valence-corrected chi connectivity index (χ2v) is 8.86. The molecule has 1 aliphatic rings. The van der Waals surface area contributed by atoms with Gasteiger partial charge < -0.3 is 5.32 Å². The zero-order valence-corrected chi connectivity index (χ0v) is 16.6. The lowest BCUT2D eigenvalue weighted by atomic mass is 10.0. The zero-order valence-electron chi connectivity index (χ0n) is 15.8. The summed E-state index contributed by atoms with van der Waals surface area (Å²) in [5.74, 6) is -0.216. The van der Waals surface area contributed by atoms with Crippen molar-refractivity contribution in [1.82, 2.24) is 9.62 Å². The smallest absolute Gasteiger partial charge is 0.251 e. The Labute approximate surface area is 161 Å². The Kier molecular flexibility index (Phi) is 5.97. The number of nitrogens with zero attached hydrogens (tertiary/aromatic N) is 1. The van der Waals surface area contributed by atoms with Crippen molar-refractivity contribution in [2.75, 3.05) is 13.1 Å². The third kappa shape index (κ3) is 4.39. The van der Waals surface area contributed by atoms with Gasteiger partial charge in [-0.05, 0) is 61.6 Å². The average molecular weight is 387 g/mol. The molecule has 0 saturated carbocycles. The lowest BCUT2D eigenvalue weighted by Gasteiger charge is -2.17. The fourth-order valence-corrected chi connectivity index (χ4v) is 4.78. The molecule has 0 aliphatic carbocycles. The molecule has 1 N–H and O–H groups in total. The molecule has 1 aliphatic heterocycles. The summed E-state index contributed by atoms with van der Waals surface area (Å²) in [5.41, 5.74) is 2.74. The maximum Gasteiger partial charge on any atom is 0.251 e. The van der Waals surface area contributed by atoms with Crippen LogP contribution in [0.4, 0.5) is 0 Å². The molecule has 5 nitrogen and oxygen atoms in total. The van der Waals surface area contributed by atoms with Crippen LogP contribution in [0.3, 0.4) is 0 Å². The lowest BCUT2D eigenvalue weighted by Crippen LogP contribution is -2.28. The van der Waals surface area contributed by atoms with Gasteiger partial charge in [-0.1, -0.05) is 31.2 Å². The van der Waals surface area contributed by atoms with Crippen LogP contribution in [-0.2, 0) is 16.4 Å². The fraction of sp³-hybridized carbons (Fsp3) is 0.381. The van der Waals surface area contributed by atoms with Crippen molar-refractivity contribution >= 4 is 15.9 Å². The molecule has 1 unspecified atom stereocenters. The molecular formula is C21H26N2O3S. The van der Waals surface area contributed by atoms with Crippen LogP contribution in [0.1, 0.15) is 54.2 Å². The van der Waals surface area contributed by atoms with E-state index in [2.05, 4.69) is 24.4 Å². The van der Waals surface area contributed by atoms with Crippen LogP contribution >= 0.6 is 0 Å². The van der Waals surface area contributed by atoms with E-state index in [1.165, 1.54) is 22.0 Å². The second kappa shape index (κ2) is 8.23. The number of rotatable bonds is 6. The van der Waals surface area contributed by atoms with Crippen molar-refractivity contribution in [3.63, 3.8) is 0 Å². The summed E-state index contributed by atoms with van der Waals surface area (Å²) in [6.07, 6.45) is 2.78. The second-order valence-electron chi connectivity index (χ2n) is 6.93. The Morgan fingerprint density at radius 2 is 1.63 bits per heavy atom. The summed E-state index contributed by atoms with van der Waals surface area (Å²) in [5, 5.41) is 2.96. The van der Waals surface area contributed by atoms with Gasteiger partial charge in [0.15, 0.2) is 0 Å². The van der Waals surface area contributed by atoms with Gasteiger partial charge in [0.2, 0.25) is 10.0 Å². The van der Waals surface area contributed by atoms with Crippen LogP contribution in [0.5, 0.6) is 0 Å². The molecule has 144 valence electrons. The number of carbonyl (C=O) groups excluding carboxylic acids is 1. The minimum Gasteiger partial charge on any atom is -0.346 e. The molecule has 6 heteroatoms. The molecule has 0 bridgehead atoms. The minimum atomic E-state index is -3.45. The number of carbonyl (C=O) groups is 1. The van der Waals surface area contributed by atoms with Crippen LogP contribution in [0.25, 0.3) is 0 Å². The van der Waals surface area contributed by atoms with E-state index in [1.54, 1.807) is 12.1 Å². The molecule has 27 heavy (non-hydrogen) atoms. The molecule has 1 amide bonds. The van der Waals surface area contributed by atoms with Crippen molar-refractivity contribution in [3.8, 4) is 0 Å².